The summed E-state index contributed by atoms with van der Waals surface area (Å²) in [6.45, 7) is 5.94. The number of hydrogen-bond acceptors (Lipinski definition) is 7. The molecule has 0 aliphatic rings. The quantitative estimate of drug-likeness (QED) is 0.747. The van der Waals surface area contributed by atoms with Crippen molar-refractivity contribution in [3.63, 3.8) is 0 Å². The fourth-order valence-corrected chi connectivity index (χ4v) is 2.16. The van der Waals surface area contributed by atoms with Crippen LogP contribution in [0.1, 0.15) is 20.8 Å². The van der Waals surface area contributed by atoms with E-state index in [1.54, 1.807) is 12.1 Å². The highest BCUT2D eigenvalue weighted by molar-refractivity contribution is 5.90. The summed E-state index contributed by atoms with van der Waals surface area (Å²) in [5, 5.41) is 10.6. The summed E-state index contributed by atoms with van der Waals surface area (Å²) in [6.07, 6.45) is -0.566. The summed E-state index contributed by atoms with van der Waals surface area (Å²) in [7, 11) is 0. The number of nitrogens with zero attached hydrogens (tertiary/aromatic N) is 4. The van der Waals surface area contributed by atoms with E-state index >= 15 is 0 Å². The molecule has 3 N–H and O–H groups in total. The highest BCUT2D eigenvalue weighted by atomic mass is 16.6. The second kappa shape index (κ2) is 9.27. The first kappa shape index (κ1) is 19.8. The van der Waals surface area contributed by atoms with Crippen LogP contribution in [0.25, 0.3) is 0 Å². The van der Waals surface area contributed by atoms with Crippen molar-refractivity contribution in [2.24, 2.45) is 10.2 Å². The van der Waals surface area contributed by atoms with Gasteiger partial charge < -0.3 is 20.7 Å². The van der Waals surface area contributed by atoms with Gasteiger partial charge in [0.05, 0.1) is 5.69 Å². The van der Waals surface area contributed by atoms with E-state index in [1.807, 2.05) is 32.0 Å². The van der Waals surface area contributed by atoms with E-state index in [1.165, 1.54) is 17.9 Å². The fourth-order valence-electron chi connectivity index (χ4n) is 2.16. The molecule has 9 heteroatoms. The number of carbonyl (C=O) groups excluding carboxylic acids is 2. The second-order valence-corrected chi connectivity index (χ2v) is 5.50. The predicted octanol–water partition coefficient (Wildman–Crippen LogP) is 3.88. The number of nitrogens with two attached hydrogens (primary N) is 1. The number of benzene rings is 1. The maximum atomic E-state index is 12.3. The van der Waals surface area contributed by atoms with Crippen molar-refractivity contribution in [2.75, 3.05) is 24.1 Å². The highest BCUT2D eigenvalue weighted by Crippen LogP contribution is 2.33. The van der Waals surface area contributed by atoms with E-state index < -0.39 is 6.09 Å². The number of hydrogen-bond donors (Lipinski definition) is 2. The van der Waals surface area contributed by atoms with Gasteiger partial charge in [-0.3, -0.25) is 4.79 Å². The summed E-state index contributed by atoms with van der Waals surface area (Å²) in [6, 6.07) is 10.5. The van der Waals surface area contributed by atoms with Crippen molar-refractivity contribution in [3.05, 3.63) is 36.4 Å². The molecule has 0 atom stereocenters. The third-order valence-corrected chi connectivity index (χ3v) is 3.54. The van der Waals surface area contributed by atoms with E-state index in [9.17, 15) is 9.59 Å². The number of aromatic nitrogens is 1. The molecular weight excluding hydrogens is 348 g/mol. The molecule has 2 aromatic rings. The van der Waals surface area contributed by atoms with E-state index in [0.29, 0.717) is 18.8 Å². The molecule has 0 bridgehead atoms. The van der Waals surface area contributed by atoms with E-state index in [-0.39, 0.29) is 29.0 Å². The van der Waals surface area contributed by atoms with Crippen LogP contribution < -0.4 is 15.8 Å². The number of ether oxygens (including phenoxy) is 1. The minimum absolute atomic E-state index is 0.0401. The topological polar surface area (TPSA) is 122 Å². The molecule has 142 valence electrons. The molecule has 2 amide bonds. The lowest BCUT2D eigenvalue weighted by Gasteiger charge is -2.19. The molecule has 1 aromatic carbocycles. The average Bonchev–Trinajstić information content (AvgIpc) is 2.64. The van der Waals surface area contributed by atoms with Gasteiger partial charge in [0.2, 0.25) is 5.91 Å². The first-order chi connectivity index (χ1) is 12.9. The summed E-state index contributed by atoms with van der Waals surface area (Å²) < 4.78 is 5.39. The Balaban J connectivity index is 2.37. The standard InChI is InChI=1S/C18H22N6O3/c1-4-24(5-2)18(26)27-15-11-14(16(19)21-17(15)20-12(3)25)23-22-13-9-7-6-8-10-13/h6-11H,4-5H2,1-3H3,(H3,19,20,21,25). The number of anilines is 2. The Bertz CT molecular complexity index is 834. The van der Waals surface area contributed by atoms with Crippen LogP contribution in [0.5, 0.6) is 5.75 Å². The lowest BCUT2D eigenvalue weighted by Crippen LogP contribution is -2.33. The third kappa shape index (κ3) is 5.50. The fraction of sp³-hybridized carbons (Fsp3) is 0.278. The summed E-state index contributed by atoms with van der Waals surface area (Å²) in [4.78, 5) is 29.3. The third-order valence-electron chi connectivity index (χ3n) is 3.54. The zero-order valence-electron chi connectivity index (χ0n) is 15.5. The molecule has 0 radical (unpaired) electrons. The van der Waals surface area contributed by atoms with Gasteiger partial charge in [-0.15, -0.1) is 5.11 Å². The van der Waals surface area contributed by atoms with Crippen LogP contribution >= 0.6 is 0 Å². The molecule has 0 unspecified atom stereocenters. The molecular formula is C18H22N6O3. The Hall–Kier alpha value is -3.49. The van der Waals surface area contributed by atoms with Crippen molar-refractivity contribution in [1.82, 2.24) is 9.88 Å². The normalized spacial score (nSPS) is 10.6. The number of carbonyl (C=O) groups is 2. The van der Waals surface area contributed by atoms with E-state index in [0.717, 1.165) is 0 Å². The van der Waals surface area contributed by atoms with Crippen LogP contribution in [-0.2, 0) is 4.79 Å². The number of amides is 2. The summed E-state index contributed by atoms with van der Waals surface area (Å²) in [5.41, 5.74) is 6.75. The van der Waals surface area contributed by atoms with Crippen LogP contribution in [0.2, 0.25) is 0 Å². The Morgan fingerprint density at radius 3 is 2.44 bits per heavy atom. The van der Waals surface area contributed by atoms with Crippen LogP contribution in [0, 0.1) is 0 Å². The Kier molecular flexibility index (Phi) is 6.81. The molecule has 0 aliphatic carbocycles. The van der Waals surface area contributed by atoms with Crippen LogP contribution in [-0.4, -0.2) is 35.0 Å². The Morgan fingerprint density at radius 1 is 1.19 bits per heavy atom. The van der Waals surface area contributed by atoms with Crippen LogP contribution in [0.3, 0.4) is 0 Å². The SMILES string of the molecule is CCN(CC)C(=O)Oc1cc(N=Nc2ccccc2)c(N)nc1NC(C)=O. The summed E-state index contributed by atoms with van der Waals surface area (Å²) >= 11 is 0. The minimum atomic E-state index is -0.566. The van der Waals surface area contributed by atoms with Gasteiger partial charge in [-0.05, 0) is 26.0 Å². The zero-order valence-corrected chi connectivity index (χ0v) is 15.5. The Labute approximate surface area is 157 Å². The van der Waals surface area contributed by atoms with Gasteiger partial charge in [-0.1, -0.05) is 18.2 Å². The molecule has 9 nitrogen and oxygen atoms in total. The number of rotatable bonds is 6. The molecule has 1 aromatic heterocycles. The van der Waals surface area contributed by atoms with E-state index in [4.69, 9.17) is 10.5 Å². The number of nitrogen functional groups attached to an aromatic ring is 1. The molecule has 0 saturated carbocycles. The predicted molar refractivity (Wildman–Crippen MR) is 103 cm³/mol. The van der Waals surface area contributed by atoms with Gasteiger partial charge in [-0.2, -0.15) is 5.11 Å². The van der Waals surface area contributed by atoms with Gasteiger partial charge in [0.25, 0.3) is 0 Å². The highest BCUT2D eigenvalue weighted by Gasteiger charge is 2.18. The van der Waals surface area contributed by atoms with Gasteiger partial charge in [0.1, 0.15) is 5.69 Å². The maximum Gasteiger partial charge on any atom is 0.415 e. The zero-order chi connectivity index (χ0) is 19.8. The van der Waals surface area contributed by atoms with Crippen LogP contribution in [0.15, 0.2) is 46.6 Å². The lowest BCUT2D eigenvalue weighted by molar-refractivity contribution is -0.114. The molecule has 2 rings (SSSR count). The molecule has 0 saturated heterocycles. The van der Waals surface area contributed by atoms with E-state index in [2.05, 4.69) is 20.5 Å². The van der Waals surface area contributed by atoms with Gasteiger partial charge in [0, 0.05) is 26.1 Å². The van der Waals surface area contributed by atoms with Crippen molar-refractivity contribution < 1.29 is 14.3 Å². The molecule has 27 heavy (non-hydrogen) atoms. The Morgan fingerprint density at radius 2 is 1.85 bits per heavy atom. The minimum Gasteiger partial charge on any atom is -0.406 e. The van der Waals surface area contributed by atoms with Crippen molar-refractivity contribution in [2.45, 2.75) is 20.8 Å². The first-order valence-corrected chi connectivity index (χ1v) is 8.46. The largest absolute Gasteiger partial charge is 0.415 e. The lowest BCUT2D eigenvalue weighted by atomic mass is 10.3. The molecule has 0 aliphatic heterocycles. The van der Waals surface area contributed by atoms with Crippen molar-refractivity contribution in [3.8, 4) is 5.75 Å². The maximum absolute atomic E-state index is 12.3. The van der Waals surface area contributed by atoms with Gasteiger partial charge in [-0.25, -0.2) is 9.78 Å². The average molecular weight is 370 g/mol. The number of nitrogens with one attached hydrogen (secondary N) is 1. The monoisotopic (exact) mass is 370 g/mol. The van der Waals surface area contributed by atoms with Gasteiger partial charge >= 0.3 is 6.09 Å². The van der Waals surface area contributed by atoms with Crippen LogP contribution in [0.4, 0.5) is 27.8 Å². The first-order valence-electron chi connectivity index (χ1n) is 8.46. The molecule has 0 spiro atoms. The van der Waals surface area contributed by atoms with Crippen molar-refractivity contribution in [1.29, 1.82) is 0 Å². The van der Waals surface area contributed by atoms with Gasteiger partial charge in [0.15, 0.2) is 17.4 Å². The van der Waals surface area contributed by atoms with Crippen molar-refractivity contribution >= 4 is 35.0 Å². The molecule has 1 heterocycles. The number of azo groups is 1. The second-order valence-electron chi connectivity index (χ2n) is 5.50. The number of pyridine rings is 1. The molecule has 0 fully saturated rings. The smallest absolute Gasteiger partial charge is 0.406 e. The summed E-state index contributed by atoms with van der Waals surface area (Å²) in [5.74, 6) is -0.251.